The summed E-state index contributed by atoms with van der Waals surface area (Å²) in [5.41, 5.74) is 0. The summed E-state index contributed by atoms with van der Waals surface area (Å²) in [4.78, 5) is 9.94. The van der Waals surface area contributed by atoms with Crippen molar-refractivity contribution in [3.8, 4) is 0 Å². The van der Waals surface area contributed by atoms with E-state index in [1.165, 1.54) is 12.8 Å². The van der Waals surface area contributed by atoms with Crippen molar-refractivity contribution < 1.29 is 14.0 Å². The van der Waals surface area contributed by atoms with Gasteiger partial charge in [0.1, 0.15) is 0 Å². The van der Waals surface area contributed by atoms with E-state index in [-0.39, 0.29) is 12.3 Å². The predicted octanol–water partition coefficient (Wildman–Crippen LogP) is 5.23. The molecule has 4 heteroatoms. The molecule has 0 rings (SSSR count). The Labute approximate surface area is 119 Å². The molecule has 0 aromatic carbocycles. The molecule has 0 spiro atoms. The Morgan fingerprint density at radius 2 is 1.68 bits per heavy atom. The maximum absolute atomic E-state index is 12.1. The molecule has 0 amide bonds. The van der Waals surface area contributed by atoms with E-state index in [9.17, 15) is 9.46 Å². The highest BCUT2D eigenvalue weighted by atomic mass is 31.2. The van der Waals surface area contributed by atoms with Gasteiger partial charge in [-0.2, -0.15) is 0 Å². The monoisotopic (exact) mass is 292 g/mol. The minimum absolute atomic E-state index is 0.0606. The SMILES string of the molecule is CCCCCC(CC(C)C)OP(=O)(O)CCC(C)C. The molecule has 0 heterocycles. The molecule has 0 aliphatic heterocycles. The molecule has 3 nitrogen and oxygen atoms in total. The molecule has 0 bridgehead atoms. The Morgan fingerprint density at radius 1 is 1.05 bits per heavy atom. The molecular formula is C15H33O3P. The number of rotatable bonds is 11. The first kappa shape index (κ1) is 19.1. The molecule has 2 unspecified atom stereocenters. The maximum atomic E-state index is 12.1. The predicted molar refractivity (Wildman–Crippen MR) is 82.6 cm³/mol. The Bertz CT molecular complexity index is 264. The second kappa shape index (κ2) is 9.96. The largest absolute Gasteiger partial charge is 0.328 e. The van der Waals surface area contributed by atoms with Crippen molar-refractivity contribution in [1.29, 1.82) is 0 Å². The molecule has 0 radical (unpaired) electrons. The summed E-state index contributed by atoms with van der Waals surface area (Å²) >= 11 is 0. The van der Waals surface area contributed by atoms with Crippen molar-refractivity contribution in [3.05, 3.63) is 0 Å². The van der Waals surface area contributed by atoms with Gasteiger partial charge in [0.25, 0.3) is 0 Å². The molecule has 0 saturated carbocycles. The van der Waals surface area contributed by atoms with Crippen LogP contribution in [0.1, 0.15) is 73.1 Å². The molecular weight excluding hydrogens is 259 g/mol. The van der Waals surface area contributed by atoms with E-state index in [0.717, 1.165) is 25.7 Å². The van der Waals surface area contributed by atoms with Gasteiger partial charge in [-0.15, -0.1) is 0 Å². The van der Waals surface area contributed by atoms with E-state index in [1.54, 1.807) is 0 Å². The van der Waals surface area contributed by atoms with Crippen LogP contribution in [0.15, 0.2) is 0 Å². The van der Waals surface area contributed by atoms with Crippen LogP contribution in [0.5, 0.6) is 0 Å². The highest BCUT2D eigenvalue weighted by molar-refractivity contribution is 7.52. The fraction of sp³-hybridized carbons (Fsp3) is 1.00. The van der Waals surface area contributed by atoms with Gasteiger partial charge in [-0.25, -0.2) is 0 Å². The minimum Gasteiger partial charge on any atom is -0.324 e. The zero-order valence-electron chi connectivity index (χ0n) is 13.4. The lowest BCUT2D eigenvalue weighted by atomic mass is 10.0. The first-order valence-electron chi connectivity index (χ1n) is 7.77. The molecule has 0 aromatic heterocycles. The third-order valence-corrected chi connectivity index (χ3v) is 4.62. The second-order valence-corrected chi connectivity index (χ2v) is 8.33. The first-order chi connectivity index (χ1) is 8.76. The van der Waals surface area contributed by atoms with Gasteiger partial charge >= 0.3 is 7.60 Å². The summed E-state index contributed by atoms with van der Waals surface area (Å²) in [6, 6.07) is 0. The van der Waals surface area contributed by atoms with Gasteiger partial charge < -0.3 is 9.42 Å². The summed E-state index contributed by atoms with van der Waals surface area (Å²) in [7, 11) is -3.41. The fourth-order valence-corrected chi connectivity index (χ4v) is 3.67. The lowest BCUT2D eigenvalue weighted by Gasteiger charge is -2.23. The summed E-state index contributed by atoms with van der Waals surface area (Å²) in [6.45, 7) is 10.6. The summed E-state index contributed by atoms with van der Waals surface area (Å²) in [5, 5.41) is 0. The Balaban J connectivity index is 4.30. The van der Waals surface area contributed by atoms with E-state index < -0.39 is 7.60 Å². The van der Waals surface area contributed by atoms with Gasteiger partial charge in [-0.1, -0.05) is 53.9 Å². The maximum Gasteiger partial charge on any atom is 0.328 e. The first-order valence-corrected chi connectivity index (χ1v) is 9.53. The average Bonchev–Trinajstić information content (AvgIpc) is 2.25. The Hall–Kier alpha value is 0.150. The molecule has 116 valence electrons. The van der Waals surface area contributed by atoms with Crippen molar-refractivity contribution in [2.24, 2.45) is 11.8 Å². The molecule has 0 saturated heterocycles. The van der Waals surface area contributed by atoms with Crippen molar-refractivity contribution in [2.75, 3.05) is 6.16 Å². The summed E-state index contributed by atoms with van der Waals surface area (Å²) in [5.74, 6) is 0.935. The van der Waals surface area contributed by atoms with Gasteiger partial charge in [-0.05, 0) is 31.1 Å². The van der Waals surface area contributed by atoms with Crippen molar-refractivity contribution in [2.45, 2.75) is 79.2 Å². The topological polar surface area (TPSA) is 46.5 Å². The lowest BCUT2D eigenvalue weighted by molar-refractivity contribution is 0.140. The number of hydrogen-bond acceptors (Lipinski definition) is 2. The summed E-state index contributed by atoms with van der Waals surface area (Å²) in [6.07, 6.45) is 6.16. The second-order valence-electron chi connectivity index (χ2n) is 6.40. The molecule has 0 aliphatic rings. The van der Waals surface area contributed by atoms with E-state index in [2.05, 4.69) is 34.6 Å². The van der Waals surface area contributed by atoms with Crippen LogP contribution in [0.4, 0.5) is 0 Å². The zero-order valence-corrected chi connectivity index (χ0v) is 14.3. The normalized spacial score (nSPS) is 16.8. The standard InChI is InChI=1S/C15H33O3P/c1-6-7-8-9-15(12-14(4)5)18-19(16,17)11-10-13(2)3/h13-15H,6-12H2,1-5H3,(H,16,17). The van der Waals surface area contributed by atoms with E-state index >= 15 is 0 Å². The van der Waals surface area contributed by atoms with Crippen molar-refractivity contribution in [1.82, 2.24) is 0 Å². The molecule has 1 N–H and O–H groups in total. The summed E-state index contributed by atoms with van der Waals surface area (Å²) < 4.78 is 17.6. The molecule has 0 aliphatic carbocycles. The van der Waals surface area contributed by atoms with E-state index in [4.69, 9.17) is 4.52 Å². The average molecular weight is 292 g/mol. The van der Waals surface area contributed by atoms with Crippen LogP contribution < -0.4 is 0 Å². The smallest absolute Gasteiger partial charge is 0.324 e. The number of hydrogen-bond donors (Lipinski definition) is 1. The van der Waals surface area contributed by atoms with Gasteiger partial charge in [0, 0.05) is 0 Å². The highest BCUT2D eigenvalue weighted by Gasteiger charge is 2.25. The van der Waals surface area contributed by atoms with Crippen molar-refractivity contribution >= 4 is 7.60 Å². The van der Waals surface area contributed by atoms with Crippen LogP contribution in [0, 0.1) is 11.8 Å². The Morgan fingerprint density at radius 3 is 2.16 bits per heavy atom. The van der Waals surface area contributed by atoms with Gasteiger partial charge in [-0.3, -0.25) is 4.57 Å². The van der Waals surface area contributed by atoms with Crippen LogP contribution >= 0.6 is 7.60 Å². The van der Waals surface area contributed by atoms with Crippen LogP contribution in [0.25, 0.3) is 0 Å². The highest BCUT2D eigenvalue weighted by Crippen LogP contribution is 2.46. The molecule has 19 heavy (non-hydrogen) atoms. The third-order valence-electron chi connectivity index (χ3n) is 3.17. The Kier molecular flexibility index (Phi) is 10.0. The van der Waals surface area contributed by atoms with Crippen LogP contribution in [-0.4, -0.2) is 17.2 Å². The number of unbranched alkanes of at least 4 members (excludes halogenated alkanes) is 2. The van der Waals surface area contributed by atoms with Crippen LogP contribution in [0.3, 0.4) is 0 Å². The van der Waals surface area contributed by atoms with Gasteiger partial charge in [0.2, 0.25) is 0 Å². The van der Waals surface area contributed by atoms with Gasteiger partial charge in [0.15, 0.2) is 0 Å². The minimum atomic E-state index is -3.41. The third kappa shape index (κ3) is 11.7. The van der Waals surface area contributed by atoms with Crippen LogP contribution in [-0.2, 0) is 9.09 Å². The quantitative estimate of drug-likeness (QED) is 0.419. The van der Waals surface area contributed by atoms with Crippen molar-refractivity contribution in [3.63, 3.8) is 0 Å². The van der Waals surface area contributed by atoms with E-state index in [1.807, 2.05) is 0 Å². The zero-order chi connectivity index (χ0) is 14.9. The lowest BCUT2D eigenvalue weighted by Crippen LogP contribution is -2.15. The molecule has 2 atom stereocenters. The molecule has 0 fully saturated rings. The van der Waals surface area contributed by atoms with Crippen LogP contribution in [0.2, 0.25) is 0 Å². The van der Waals surface area contributed by atoms with Gasteiger partial charge in [0.05, 0.1) is 12.3 Å². The molecule has 0 aromatic rings. The van der Waals surface area contributed by atoms with E-state index in [0.29, 0.717) is 11.8 Å². The fourth-order valence-electron chi connectivity index (χ4n) is 2.07.